The molecule has 0 radical (unpaired) electrons. The van der Waals surface area contributed by atoms with Crippen molar-refractivity contribution in [2.75, 3.05) is 45.8 Å². The minimum atomic E-state index is -5.08. The summed E-state index contributed by atoms with van der Waals surface area (Å²) in [5.74, 6) is -2.72. The van der Waals surface area contributed by atoms with Crippen molar-refractivity contribution in [3.05, 3.63) is 53.4 Å². The van der Waals surface area contributed by atoms with E-state index in [2.05, 4.69) is 22.3 Å². The molecular weight excluding hydrogens is 557 g/mol. The van der Waals surface area contributed by atoms with Gasteiger partial charge in [0.25, 0.3) is 10.0 Å². The van der Waals surface area contributed by atoms with E-state index in [0.29, 0.717) is 17.3 Å². The summed E-state index contributed by atoms with van der Waals surface area (Å²) in [4.78, 5) is 25.8. The Hall–Kier alpha value is -2.52. The summed E-state index contributed by atoms with van der Waals surface area (Å²) >= 11 is 1.24. The first-order valence-electron chi connectivity index (χ1n) is 12.6. The summed E-state index contributed by atoms with van der Waals surface area (Å²) in [5.41, 5.74) is 1.27. The summed E-state index contributed by atoms with van der Waals surface area (Å²) in [6.45, 7) is 5.79. The maximum Gasteiger partial charge on any atom is 0.490 e. The number of thiophene rings is 1. The molecule has 2 N–H and O–H groups in total. The first-order chi connectivity index (χ1) is 18.5. The molecule has 9 nitrogen and oxygen atoms in total. The quantitative estimate of drug-likeness (QED) is 0.487. The number of carboxylic acid groups (broad SMARTS) is 1. The second-order valence-electron chi connectivity index (χ2n) is 9.22. The van der Waals surface area contributed by atoms with E-state index in [0.717, 1.165) is 45.6 Å². The molecule has 2 fully saturated rings. The number of nitrogens with zero attached hydrogens (tertiary/aromatic N) is 3. The number of rotatable bonds is 8. The highest BCUT2D eigenvalue weighted by atomic mass is 32.2. The van der Waals surface area contributed by atoms with Crippen molar-refractivity contribution in [2.45, 2.75) is 42.2 Å². The normalized spacial score (nSPS) is 17.5. The Bertz CT molecular complexity index is 1150. The van der Waals surface area contributed by atoms with E-state index in [1.165, 1.54) is 16.9 Å². The third-order valence-electron chi connectivity index (χ3n) is 6.53. The van der Waals surface area contributed by atoms with Gasteiger partial charge >= 0.3 is 12.1 Å². The zero-order valence-electron chi connectivity index (χ0n) is 21.3. The van der Waals surface area contributed by atoms with Crippen molar-refractivity contribution in [1.82, 2.24) is 19.4 Å². The Balaban J connectivity index is 0.000000532. The van der Waals surface area contributed by atoms with Crippen LogP contribution in [0.4, 0.5) is 13.2 Å². The average Bonchev–Trinajstić information content (AvgIpc) is 3.47. The molecule has 1 amide bonds. The van der Waals surface area contributed by atoms with Gasteiger partial charge in [-0.25, -0.2) is 13.2 Å². The highest BCUT2D eigenvalue weighted by Crippen LogP contribution is 2.28. The maximum absolute atomic E-state index is 13.4. The molecule has 3 heterocycles. The third-order valence-corrected chi connectivity index (χ3v) is 9.85. The SMILES string of the molecule is O=C(CCN(C1CCN(Cc2ccccc2)CC1)S(=O)(=O)c1cccs1)N1CCNCC1.O=C(O)C(F)(F)F. The minimum absolute atomic E-state index is 0.0411. The summed E-state index contributed by atoms with van der Waals surface area (Å²) in [5, 5.41) is 12.2. The van der Waals surface area contributed by atoms with Gasteiger partial charge < -0.3 is 15.3 Å². The average molecular weight is 591 g/mol. The standard InChI is InChI=1S/C23H32N4O3S2.C2HF3O2/c28-22(26-16-11-24-12-17-26)10-15-27(32(29,30)23-7-4-18-31-23)21-8-13-25(14-9-21)19-20-5-2-1-3-6-20;3-2(4,5)1(6)7/h1-7,18,21,24H,8-17,19H2;(H,6,7). The number of carbonyl (C=O) groups excluding carboxylic acids is 1. The molecule has 0 spiro atoms. The summed E-state index contributed by atoms with van der Waals surface area (Å²) in [6.07, 6.45) is -3.30. The van der Waals surface area contributed by atoms with Gasteiger partial charge in [0.05, 0.1) is 0 Å². The van der Waals surface area contributed by atoms with E-state index in [1.54, 1.807) is 21.8 Å². The molecule has 0 aliphatic carbocycles. The Kier molecular flexibility index (Phi) is 11.3. The topological polar surface area (TPSA) is 110 Å². The van der Waals surface area contributed by atoms with Crippen molar-refractivity contribution in [3.63, 3.8) is 0 Å². The van der Waals surface area contributed by atoms with Crippen LogP contribution in [0.25, 0.3) is 0 Å². The monoisotopic (exact) mass is 590 g/mol. The largest absolute Gasteiger partial charge is 0.490 e. The number of piperazine rings is 1. The van der Waals surface area contributed by atoms with Crippen LogP contribution in [0.15, 0.2) is 52.1 Å². The number of halogens is 3. The lowest BCUT2D eigenvalue weighted by Gasteiger charge is -2.38. The van der Waals surface area contributed by atoms with Crippen LogP contribution in [0.2, 0.25) is 0 Å². The molecule has 0 bridgehead atoms. The number of benzene rings is 1. The van der Waals surface area contributed by atoms with Crippen molar-refractivity contribution in [3.8, 4) is 0 Å². The highest BCUT2D eigenvalue weighted by molar-refractivity contribution is 7.91. The van der Waals surface area contributed by atoms with Gasteiger partial charge in [-0.2, -0.15) is 17.5 Å². The number of nitrogens with one attached hydrogen (secondary N) is 1. The zero-order chi connectivity index (χ0) is 28.5. The number of aliphatic carboxylic acids is 1. The zero-order valence-corrected chi connectivity index (χ0v) is 23.0. The van der Waals surface area contributed by atoms with Gasteiger partial charge in [0.2, 0.25) is 5.91 Å². The van der Waals surface area contributed by atoms with Crippen molar-refractivity contribution in [1.29, 1.82) is 0 Å². The molecule has 1 aromatic heterocycles. The fourth-order valence-electron chi connectivity index (χ4n) is 4.51. The van der Waals surface area contributed by atoms with E-state index in [-0.39, 0.29) is 24.9 Å². The van der Waals surface area contributed by atoms with Crippen LogP contribution in [-0.4, -0.2) is 97.5 Å². The lowest BCUT2D eigenvalue weighted by molar-refractivity contribution is -0.192. The van der Waals surface area contributed by atoms with E-state index >= 15 is 0 Å². The Labute approximate surface area is 230 Å². The van der Waals surface area contributed by atoms with Gasteiger partial charge in [0.1, 0.15) is 4.21 Å². The fourth-order valence-corrected chi connectivity index (χ4v) is 7.32. The van der Waals surface area contributed by atoms with E-state index in [9.17, 15) is 26.4 Å². The lowest BCUT2D eigenvalue weighted by atomic mass is 10.0. The van der Waals surface area contributed by atoms with Crippen LogP contribution in [0.3, 0.4) is 0 Å². The minimum Gasteiger partial charge on any atom is -0.475 e. The smallest absolute Gasteiger partial charge is 0.475 e. The van der Waals surface area contributed by atoms with Gasteiger partial charge in [-0.05, 0) is 29.9 Å². The number of sulfonamides is 1. The van der Waals surface area contributed by atoms with Crippen LogP contribution < -0.4 is 5.32 Å². The number of hydrogen-bond donors (Lipinski definition) is 2. The molecule has 0 unspecified atom stereocenters. The summed E-state index contributed by atoms with van der Waals surface area (Å²) in [6, 6.07) is 13.7. The second kappa shape index (κ2) is 14.2. The molecule has 2 aliphatic rings. The van der Waals surface area contributed by atoms with Gasteiger partial charge in [-0.1, -0.05) is 36.4 Å². The van der Waals surface area contributed by atoms with Crippen LogP contribution in [-0.2, 0) is 26.2 Å². The summed E-state index contributed by atoms with van der Waals surface area (Å²) < 4.78 is 60.6. The Morgan fingerprint density at radius 3 is 2.18 bits per heavy atom. The van der Waals surface area contributed by atoms with E-state index in [4.69, 9.17) is 9.90 Å². The number of likely N-dealkylation sites (tertiary alicyclic amines) is 1. The first kappa shape index (κ1) is 31.0. The maximum atomic E-state index is 13.4. The molecule has 1 aromatic carbocycles. The van der Waals surface area contributed by atoms with Gasteiger partial charge in [-0.15, -0.1) is 11.3 Å². The highest BCUT2D eigenvalue weighted by Gasteiger charge is 2.38. The van der Waals surface area contributed by atoms with Gasteiger partial charge in [0.15, 0.2) is 0 Å². The summed E-state index contributed by atoms with van der Waals surface area (Å²) in [7, 11) is -3.61. The number of carbonyl (C=O) groups is 2. The van der Waals surface area contributed by atoms with Crippen LogP contribution in [0, 0.1) is 0 Å². The van der Waals surface area contributed by atoms with Gasteiger partial charge in [0, 0.05) is 64.8 Å². The number of amides is 1. The van der Waals surface area contributed by atoms with Crippen LogP contribution in [0.5, 0.6) is 0 Å². The first-order valence-corrected chi connectivity index (χ1v) is 14.9. The van der Waals surface area contributed by atoms with E-state index < -0.39 is 22.2 Å². The number of piperidine rings is 1. The fraction of sp³-hybridized carbons (Fsp3) is 0.520. The van der Waals surface area contributed by atoms with Crippen LogP contribution >= 0.6 is 11.3 Å². The van der Waals surface area contributed by atoms with Crippen LogP contribution in [0.1, 0.15) is 24.8 Å². The van der Waals surface area contributed by atoms with Crippen molar-refractivity contribution < 1.29 is 36.3 Å². The Morgan fingerprint density at radius 2 is 1.64 bits per heavy atom. The van der Waals surface area contributed by atoms with Crippen molar-refractivity contribution >= 4 is 33.2 Å². The number of alkyl halides is 3. The molecule has 216 valence electrons. The molecular formula is C25H33F3N4O5S2. The van der Waals surface area contributed by atoms with Gasteiger partial charge in [-0.3, -0.25) is 9.69 Å². The molecule has 2 aromatic rings. The lowest BCUT2D eigenvalue weighted by Crippen LogP contribution is -2.50. The molecule has 39 heavy (non-hydrogen) atoms. The molecule has 2 aliphatic heterocycles. The predicted octanol–water partition coefficient (Wildman–Crippen LogP) is 2.86. The number of carboxylic acids is 1. The van der Waals surface area contributed by atoms with E-state index in [1.807, 2.05) is 23.1 Å². The predicted molar refractivity (Wildman–Crippen MR) is 141 cm³/mol. The molecule has 0 atom stereocenters. The molecule has 14 heteroatoms. The molecule has 2 saturated heterocycles. The second-order valence-corrected chi connectivity index (χ2v) is 12.3. The Morgan fingerprint density at radius 1 is 1.03 bits per heavy atom. The molecule has 4 rings (SSSR count). The van der Waals surface area contributed by atoms with Crippen molar-refractivity contribution in [2.24, 2.45) is 0 Å². The molecule has 0 saturated carbocycles. The number of hydrogen-bond acceptors (Lipinski definition) is 7. The third kappa shape index (κ3) is 9.28.